The third-order valence-electron chi connectivity index (χ3n) is 4.14. The molecule has 1 aromatic rings. The first kappa shape index (κ1) is 14.6. The summed E-state index contributed by atoms with van der Waals surface area (Å²) >= 11 is 0. The van der Waals surface area contributed by atoms with Gasteiger partial charge in [0, 0.05) is 6.04 Å². The van der Waals surface area contributed by atoms with Crippen molar-refractivity contribution in [2.45, 2.75) is 45.6 Å². The second-order valence-corrected chi connectivity index (χ2v) is 5.88. The predicted molar refractivity (Wildman–Crippen MR) is 79.8 cm³/mol. The van der Waals surface area contributed by atoms with Crippen LogP contribution in [0.1, 0.15) is 50.0 Å². The summed E-state index contributed by atoms with van der Waals surface area (Å²) in [6, 6.07) is 3.36. The highest BCUT2D eigenvalue weighted by atomic mass is 16.4. The smallest absolute Gasteiger partial charge is 0.354 e. The lowest BCUT2D eigenvalue weighted by molar-refractivity contribution is 0.0690. The number of aromatic carboxylic acids is 1. The zero-order valence-electron chi connectivity index (χ0n) is 12.1. The van der Waals surface area contributed by atoms with E-state index in [1.807, 2.05) is 0 Å². The highest BCUT2D eigenvalue weighted by Crippen LogP contribution is 2.33. The van der Waals surface area contributed by atoms with Gasteiger partial charge >= 0.3 is 5.97 Å². The number of pyridine rings is 1. The van der Waals surface area contributed by atoms with Crippen molar-refractivity contribution in [3.8, 4) is 0 Å². The number of nitrogens with two attached hydrogens (primary N) is 1. The third kappa shape index (κ3) is 3.21. The summed E-state index contributed by atoms with van der Waals surface area (Å²) in [5.41, 5.74) is 6.44. The molecular formula is C15H23N3O2. The van der Waals surface area contributed by atoms with Crippen molar-refractivity contribution in [1.29, 1.82) is 0 Å². The highest BCUT2D eigenvalue weighted by molar-refractivity contribution is 5.86. The van der Waals surface area contributed by atoms with E-state index in [0.29, 0.717) is 29.4 Å². The lowest BCUT2D eigenvalue weighted by Crippen LogP contribution is -2.35. The molecule has 0 aliphatic heterocycles. The summed E-state index contributed by atoms with van der Waals surface area (Å²) in [6.07, 6.45) is 4.74. The minimum absolute atomic E-state index is 0.0265. The molecule has 1 saturated carbocycles. The molecule has 0 amide bonds. The molecule has 1 aliphatic rings. The molecule has 5 nitrogen and oxygen atoms in total. The summed E-state index contributed by atoms with van der Waals surface area (Å²) in [6.45, 7) is 4.46. The van der Waals surface area contributed by atoms with Crippen molar-refractivity contribution in [2.24, 2.45) is 11.8 Å². The number of nitrogens with zero attached hydrogens (tertiary/aromatic N) is 1. The maximum absolute atomic E-state index is 11.0. The van der Waals surface area contributed by atoms with Crippen LogP contribution in [0.3, 0.4) is 0 Å². The van der Waals surface area contributed by atoms with E-state index >= 15 is 0 Å². The Morgan fingerprint density at radius 1 is 1.40 bits per heavy atom. The van der Waals surface area contributed by atoms with Crippen LogP contribution in [-0.4, -0.2) is 22.1 Å². The molecule has 1 fully saturated rings. The van der Waals surface area contributed by atoms with Crippen LogP contribution in [-0.2, 0) is 0 Å². The minimum Gasteiger partial charge on any atom is -0.477 e. The van der Waals surface area contributed by atoms with Crippen molar-refractivity contribution in [2.75, 3.05) is 11.1 Å². The lowest BCUT2D eigenvalue weighted by atomic mass is 9.78. The van der Waals surface area contributed by atoms with Crippen LogP contribution < -0.4 is 11.1 Å². The number of nitrogens with one attached hydrogen (secondary N) is 1. The summed E-state index contributed by atoms with van der Waals surface area (Å²) < 4.78 is 0. The van der Waals surface area contributed by atoms with Crippen LogP contribution in [0.2, 0.25) is 0 Å². The predicted octanol–water partition coefficient (Wildman–Crippen LogP) is 2.99. The van der Waals surface area contributed by atoms with Gasteiger partial charge in [0.15, 0.2) is 5.69 Å². The van der Waals surface area contributed by atoms with Crippen LogP contribution in [0.5, 0.6) is 0 Å². The first-order valence-electron chi connectivity index (χ1n) is 7.25. The summed E-state index contributed by atoms with van der Waals surface area (Å²) in [5.74, 6) is 0.648. The molecule has 2 unspecified atom stereocenters. The number of hydrogen-bond donors (Lipinski definition) is 3. The van der Waals surface area contributed by atoms with E-state index in [1.165, 1.54) is 25.3 Å². The van der Waals surface area contributed by atoms with E-state index in [4.69, 9.17) is 10.8 Å². The van der Waals surface area contributed by atoms with E-state index in [1.54, 1.807) is 6.07 Å². The molecule has 1 aromatic heterocycles. The molecule has 5 heteroatoms. The molecule has 0 saturated heterocycles. The summed E-state index contributed by atoms with van der Waals surface area (Å²) in [4.78, 5) is 15.1. The molecule has 20 heavy (non-hydrogen) atoms. The first-order valence-corrected chi connectivity index (χ1v) is 7.25. The average molecular weight is 277 g/mol. The van der Waals surface area contributed by atoms with Crippen LogP contribution in [0.25, 0.3) is 0 Å². The Morgan fingerprint density at radius 2 is 2.10 bits per heavy atom. The Morgan fingerprint density at radius 3 is 2.75 bits per heavy atom. The Hall–Kier alpha value is -1.78. The van der Waals surface area contributed by atoms with Crippen molar-refractivity contribution in [3.05, 3.63) is 17.8 Å². The number of aromatic nitrogens is 1. The van der Waals surface area contributed by atoms with Gasteiger partial charge < -0.3 is 16.2 Å². The van der Waals surface area contributed by atoms with Crippen molar-refractivity contribution >= 4 is 17.5 Å². The number of nitrogen functional groups attached to an aromatic ring is 1. The Bertz CT molecular complexity index is 488. The van der Waals surface area contributed by atoms with Gasteiger partial charge in [-0.15, -0.1) is 0 Å². The topological polar surface area (TPSA) is 88.2 Å². The molecular weight excluding hydrogens is 254 g/mol. The SMILES string of the molecule is CC(C)C1CCCCC1Nc1nc(C(=O)O)ccc1N. The maximum Gasteiger partial charge on any atom is 0.354 e. The fourth-order valence-electron chi connectivity index (χ4n) is 3.02. The van der Waals surface area contributed by atoms with Gasteiger partial charge in [-0.1, -0.05) is 26.7 Å². The number of hydrogen-bond acceptors (Lipinski definition) is 4. The van der Waals surface area contributed by atoms with Crippen LogP contribution in [0, 0.1) is 11.8 Å². The van der Waals surface area contributed by atoms with Gasteiger partial charge in [-0.2, -0.15) is 0 Å². The lowest BCUT2D eigenvalue weighted by Gasteiger charge is -2.35. The van der Waals surface area contributed by atoms with Crippen LogP contribution in [0.15, 0.2) is 12.1 Å². The van der Waals surface area contributed by atoms with Gasteiger partial charge in [0.2, 0.25) is 0 Å². The Kier molecular flexibility index (Phi) is 4.47. The van der Waals surface area contributed by atoms with Gasteiger partial charge in [0.05, 0.1) is 5.69 Å². The molecule has 2 rings (SSSR count). The van der Waals surface area contributed by atoms with Gasteiger partial charge in [0.25, 0.3) is 0 Å². The zero-order valence-corrected chi connectivity index (χ0v) is 12.1. The van der Waals surface area contributed by atoms with E-state index in [0.717, 1.165) is 6.42 Å². The fourth-order valence-corrected chi connectivity index (χ4v) is 3.02. The normalized spacial score (nSPS) is 22.8. The van der Waals surface area contributed by atoms with E-state index in [9.17, 15) is 4.79 Å². The van der Waals surface area contributed by atoms with Gasteiger partial charge in [0.1, 0.15) is 5.82 Å². The zero-order chi connectivity index (χ0) is 14.7. The molecule has 110 valence electrons. The Balaban J connectivity index is 2.19. The number of rotatable bonds is 4. The molecule has 2 atom stereocenters. The van der Waals surface area contributed by atoms with Crippen molar-refractivity contribution in [3.63, 3.8) is 0 Å². The minimum atomic E-state index is -1.03. The van der Waals surface area contributed by atoms with E-state index < -0.39 is 5.97 Å². The summed E-state index contributed by atoms with van der Waals surface area (Å²) in [5, 5.41) is 12.4. The van der Waals surface area contributed by atoms with E-state index in [2.05, 4.69) is 24.1 Å². The molecule has 0 aromatic carbocycles. The summed E-state index contributed by atoms with van der Waals surface area (Å²) in [7, 11) is 0. The second kappa shape index (κ2) is 6.11. The standard InChI is InChI=1S/C15H23N3O2/c1-9(2)10-5-3-4-6-12(10)17-14-11(16)7-8-13(18-14)15(19)20/h7-10,12H,3-6,16H2,1-2H3,(H,17,18)(H,19,20). The fraction of sp³-hybridized carbons (Fsp3) is 0.600. The number of carboxylic acid groups (broad SMARTS) is 1. The average Bonchev–Trinajstić information content (AvgIpc) is 2.41. The maximum atomic E-state index is 11.0. The van der Waals surface area contributed by atoms with Crippen molar-refractivity contribution in [1.82, 2.24) is 4.98 Å². The molecule has 1 heterocycles. The van der Waals surface area contributed by atoms with Crippen molar-refractivity contribution < 1.29 is 9.90 Å². The largest absolute Gasteiger partial charge is 0.477 e. The Labute approximate surface area is 119 Å². The second-order valence-electron chi connectivity index (χ2n) is 5.88. The third-order valence-corrected chi connectivity index (χ3v) is 4.14. The highest BCUT2D eigenvalue weighted by Gasteiger charge is 2.28. The molecule has 0 spiro atoms. The van der Waals surface area contributed by atoms with E-state index in [-0.39, 0.29) is 5.69 Å². The van der Waals surface area contributed by atoms with Gasteiger partial charge in [-0.05, 0) is 36.8 Å². The van der Waals surface area contributed by atoms with Gasteiger partial charge in [-0.3, -0.25) is 0 Å². The molecule has 0 bridgehead atoms. The first-order chi connectivity index (χ1) is 9.49. The molecule has 1 aliphatic carbocycles. The van der Waals surface area contributed by atoms with Crippen LogP contribution in [0.4, 0.5) is 11.5 Å². The monoisotopic (exact) mass is 277 g/mol. The molecule has 4 N–H and O–H groups in total. The molecule has 0 radical (unpaired) electrons. The quantitative estimate of drug-likeness (QED) is 0.787. The van der Waals surface area contributed by atoms with Gasteiger partial charge in [-0.25, -0.2) is 9.78 Å². The number of carbonyl (C=O) groups is 1. The number of anilines is 2. The van der Waals surface area contributed by atoms with Crippen LogP contribution >= 0.6 is 0 Å². The number of carboxylic acids is 1.